The Morgan fingerprint density at radius 2 is 1.86 bits per heavy atom. The minimum Gasteiger partial charge on any atom is -0.0991 e. The molecule has 0 fully saturated rings. The normalized spacial score (nSPS) is 25.7. The monoisotopic (exact) mass is 392 g/mol. The topological polar surface area (TPSA) is 0 Å². The van der Waals surface area contributed by atoms with Gasteiger partial charge in [0.1, 0.15) is 0 Å². The predicted octanol–water partition coefficient (Wildman–Crippen LogP) is 9.43. The van der Waals surface area contributed by atoms with E-state index in [9.17, 15) is 0 Å². The fourth-order valence-corrected chi connectivity index (χ4v) is 5.02. The van der Waals surface area contributed by atoms with Crippen LogP contribution in [0.2, 0.25) is 0 Å². The fourth-order valence-electron chi connectivity index (χ4n) is 5.02. The van der Waals surface area contributed by atoms with E-state index in [-0.39, 0.29) is 5.41 Å². The zero-order chi connectivity index (χ0) is 21.8. The molecule has 0 heterocycles. The molecule has 0 saturated carbocycles. The van der Waals surface area contributed by atoms with E-state index >= 15 is 0 Å². The van der Waals surface area contributed by atoms with Crippen molar-refractivity contribution in [2.24, 2.45) is 10.8 Å². The van der Waals surface area contributed by atoms with Gasteiger partial charge < -0.3 is 0 Å². The molecule has 160 valence electrons. The van der Waals surface area contributed by atoms with Crippen molar-refractivity contribution >= 4 is 0 Å². The van der Waals surface area contributed by atoms with Crippen LogP contribution in [0, 0.1) is 10.8 Å². The van der Waals surface area contributed by atoms with Gasteiger partial charge in [-0.15, -0.1) is 0 Å². The van der Waals surface area contributed by atoms with Gasteiger partial charge in [0.25, 0.3) is 0 Å². The molecule has 2 aliphatic rings. The van der Waals surface area contributed by atoms with E-state index in [1.165, 1.54) is 48.8 Å². The molecular formula is C29H44. The molecule has 0 aromatic heterocycles. The van der Waals surface area contributed by atoms with Gasteiger partial charge in [0.05, 0.1) is 0 Å². The molecule has 0 aliphatic heterocycles. The van der Waals surface area contributed by atoms with Gasteiger partial charge in [-0.25, -0.2) is 0 Å². The summed E-state index contributed by atoms with van der Waals surface area (Å²) in [6.45, 7) is 22.8. The van der Waals surface area contributed by atoms with Crippen molar-refractivity contribution in [3.63, 3.8) is 0 Å². The van der Waals surface area contributed by atoms with Crippen molar-refractivity contribution in [2.45, 2.75) is 100 Å². The lowest BCUT2D eigenvalue weighted by atomic mass is 9.69. The second-order valence-corrected chi connectivity index (χ2v) is 10.6. The van der Waals surface area contributed by atoms with Crippen LogP contribution in [0.4, 0.5) is 0 Å². The van der Waals surface area contributed by atoms with Crippen molar-refractivity contribution in [3.8, 4) is 0 Å². The Balaban J connectivity index is 2.57. The van der Waals surface area contributed by atoms with Crippen LogP contribution in [-0.2, 0) is 0 Å². The molecule has 0 saturated heterocycles. The first-order valence-corrected chi connectivity index (χ1v) is 11.6. The Morgan fingerprint density at radius 3 is 2.45 bits per heavy atom. The maximum atomic E-state index is 4.04. The van der Waals surface area contributed by atoms with Crippen molar-refractivity contribution in [2.75, 3.05) is 0 Å². The lowest BCUT2D eigenvalue weighted by Crippen LogP contribution is -2.20. The van der Waals surface area contributed by atoms with Crippen LogP contribution in [0.3, 0.4) is 0 Å². The van der Waals surface area contributed by atoms with E-state index in [1.807, 2.05) is 6.08 Å². The smallest absolute Gasteiger partial charge is 0.00207 e. The molecule has 0 N–H and O–H groups in total. The first kappa shape index (κ1) is 23.7. The van der Waals surface area contributed by atoms with Gasteiger partial charge in [0, 0.05) is 0 Å². The maximum Gasteiger partial charge on any atom is -0.00207 e. The Morgan fingerprint density at radius 1 is 1.17 bits per heavy atom. The van der Waals surface area contributed by atoms with Crippen LogP contribution in [0.25, 0.3) is 0 Å². The average Bonchev–Trinajstić information content (AvgIpc) is 2.63. The van der Waals surface area contributed by atoms with E-state index in [2.05, 4.69) is 80.2 Å². The van der Waals surface area contributed by atoms with Gasteiger partial charge in [-0.3, -0.25) is 0 Å². The lowest BCUT2D eigenvalue weighted by molar-refractivity contribution is 0.317. The Bertz CT molecular complexity index is 784. The molecule has 29 heavy (non-hydrogen) atoms. The average molecular weight is 393 g/mol. The molecule has 0 unspecified atom stereocenters. The summed E-state index contributed by atoms with van der Waals surface area (Å²) in [7, 11) is 0. The predicted molar refractivity (Wildman–Crippen MR) is 131 cm³/mol. The number of rotatable bonds is 6. The first-order valence-electron chi connectivity index (χ1n) is 11.6. The summed E-state index contributed by atoms with van der Waals surface area (Å²) in [4.78, 5) is 0. The highest BCUT2D eigenvalue weighted by molar-refractivity contribution is 5.51. The van der Waals surface area contributed by atoms with Crippen LogP contribution < -0.4 is 0 Å². The molecule has 0 spiro atoms. The minimum atomic E-state index is 0.182. The van der Waals surface area contributed by atoms with Crippen LogP contribution in [-0.4, -0.2) is 0 Å². The van der Waals surface area contributed by atoms with Gasteiger partial charge >= 0.3 is 0 Å². The highest BCUT2D eigenvalue weighted by Crippen LogP contribution is 2.46. The SMILES string of the molecule is C=C/C=C(C/C1=C(\C)CC/C(C)=C\C2=C1CCC(C)(C)C2)\C(=C/C)C(C)(C)CC. The molecule has 0 atom stereocenters. The van der Waals surface area contributed by atoms with Gasteiger partial charge in [0.2, 0.25) is 0 Å². The summed E-state index contributed by atoms with van der Waals surface area (Å²) < 4.78 is 0. The molecule has 0 radical (unpaired) electrons. The third-order valence-corrected chi connectivity index (χ3v) is 7.24. The van der Waals surface area contributed by atoms with Gasteiger partial charge in [-0.1, -0.05) is 76.6 Å². The molecule has 0 bridgehead atoms. The molecule has 2 aliphatic carbocycles. The molecular weight excluding hydrogens is 348 g/mol. The van der Waals surface area contributed by atoms with E-state index in [1.54, 1.807) is 22.3 Å². The van der Waals surface area contributed by atoms with Crippen LogP contribution in [0.5, 0.6) is 0 Å². The van der Waals surface area contributed by atoms with Crippen LogP contribution in [0.1, 0.15) is 100 Å². The third-order valence-electron chi connectivity index (χ3n) is 7.24. The van der Waals surface area contributed by atoms with E-state index < -0.39 is 0 Å². The lowest BCUT2D eigenvalue weighted by Gasteiger charge is -2.36. The Hall–Kier alpha value is -1.56. The summed E-state index contributed by atoms with van der Waals surface area (Å²) in [5, 5.41) is 0. The van der Waals surface area contributed by atoms with Crippen molar-refractivity contribution in [1.82, 2.24) is 0 Å². The summed E-state index contributed by atoms with van der Waals surface area (Å²) >= 11 is 0. The van der Waals surface area contributed by atoms with E-state index in [4.69, 9.17) is 0 Å². The largest absolute Gasteiger partial charge is 0.0991 e. The van der Waals surface area contributed by atoms with Gasteiger partial charge in [0.15, 0.2) is 0 Å². The molecule has 0 aromatic rings. The summed E-state index contributed by atoms with van der Waals surface area (Å²) in [6, 6.07) is 0. The minimum absolute atomic E-state index is 0.182. The second-order valence-electron chi connectivity index (χ2n) is 10.6. The van der Waals surface area contributed by atoms with Crippen molar-refractivity contribution in [3.05, 3.63) is 69.9 Å². The van der Waals surface area contributed by atoms with Crippen LogP contribution >= 0.6 is 0 Å². The van der Waals surface area contributed by atoms with E-state index in [0.29, 0.717) is 5.41 Å². The Kier molecular flexibility index (Phi) is 7.77. The van der Waals surface area contributed by atoms with Gasteiger partial charge in [-0.2, -0.15) is 0 Å². The number of hydrogen-bond donors (Lipinski definition) is 0. The molecule has 0 amide bonds. The van der Waals surface area contributed by atoms with Crippen LogP contribution in [0.15, 0.2) is 69.9 Å². The first-order chi connectivity index (χ1) is 13.5. The molecule has 0 heteroatoms. The second kappa shape index (κ2) is 9.50. The zero-order valence-corrected chi connectivity index (χ0v) is 20.5. The van der Waals surface area contributed by atoms with Gasteiger partial charge in [-0.05, 0) is 104 Å². The highest BCUT2D eigenvalue weighted by atomic mass is 14.4. The van der Waals surface area contributed by atoms with Crippen molar-refractivity contribution < 1.29 is 0 Å². The third kappa shape index (κ3) is 5.74. The van der Waals surface area contributed by atoms with Crippen molar-refractivity contribution in [1.29, 1.82) is 0 Å². The zero-order valence-electron chi connectivity index (χ0n) is 20.5. The molecule has 0 aromatic carbocycles. The summed E-state index contributed by atoms with van der Waals surface area (Å²) in [5.74, 6) is 0. The quantitative estimate of drug-likeness (QED) is 0.395. The van der Waals surface area contributed by atoms with E-state index in [0.717, 1.165) is 12.8 Å². The molecule has 2 rings (SSSR count). The summed E-state index contributed by atoms with van der Waals surface area (Å²) in [6.07, 6.45) is 17.3. The number of allylic oxidation sites excluding steroid dienone is 11. The summed E-state index contributed by atoms with van der Waals surface area (Å²) in [5.41, 5.74) is 11.5. The standard InChI is InChI=1S/C29H44/c1-10-13-23(27(11-2)29(8,9)12-3)19-26-22(5)15-14-21(4)18-24-20-28(6,7)17-16-25(24)26/h10-11,13,18H,1,12,14-17,19-20H2,2-9H3/b21-18-,23-13-,26-22-,27-11+. The highest BCUT2D eigenvalue weighted by Gasteiger charge is 2.30. The maximum absolute atomic E-state index is 4.04. The molecule has 0 nitrogen and oxygen atoms in total. The Labute approximate surface area is 181 Å². The number of hydrogen-bond acceptors (Lipinski definition) is 0. The fraction of sp³-hybridized carbons (Fsp3) is 0.586.